The summed E-state index contributed by atoms with van der Waals surface area (Å²) >= 11 is 0. The molecule has 0 heterocycles. The highest BCUT2D eigenvalue weighted by Crippen LogP contribution is 2.16. The number of hydrogen-bond acceptors (Lipinski definition) is 4. The second-order valence-corrected chi connectivity index (χ2v) is 5.71. The first-order valence-corrected chi connectivity index (χ1v) is 8.21. The van der Waals surface area contributed by atoms with E-state index in [4.69, 9.17) is 10.5 Å². The summed E-state index contributed by atoms with van der Waals surface area (Å²) in [5, 5.41) is 4.74. The lowest BCUT2D eigenvalue weighted by atomic mass is 10.0. The number of ether oxygens (including phenoxy) is 1. The van der Waals surface area contributed by atoms with Gasteiger partial charge in [0.2, 0.25) is 11.8 Å². The van der Waals surface area contributed by atoms with Crippen molar-refractivity contribution in [2.24, 2.45) is 5.73 Å². The number of nitrogens with two attached hydrogens (primary N) is 1. The number of carbonyl (C=O) groups excluding carboxylic acids is 3. The average Bonchev–Trinajstić information content (AvgIpc) is 2.59. The van der Waals surface area contributed by atoms with Gasteiger partial charge in [0, 0.05) is 12.8 Å². The van der Waals surface area contributed by atoms with E-state index in [1.54, 1.807) is 6.92 Å². The van der Waals surface area contributed by atoms with Gasteiger partial charge < -0.3 is 15.8 Å². The first-order valence-electron chi connectivity index (χ1n) is 8.21. The molecule has 1 atom stereocenters. The molecule has 0 saturated carbocycles. The van der Waals surface area contributed by atoms with Gasteiger partial charge in [0.05, 0.1) is 13.0 Å². The Kier molecular flexibility index (Phi) is 6.51. The minimum Gasteiger partial charge on any atom is -0.466 e. The van der Waals surface area contributed by atoms with Crippen molar-refractivity contribution >= 4 is 28.6 Å². The van der Waals surface area contributed by atoms with Gasteiger partial charge in [-0.25, -0.2) is 0 Å². The molecular formula is C19H22N2O4. The van der Waals surface area contributed by atoms with Gasteiger partial charge in [0.25, 0.3) is 0 Å². The molecule has 2 aromatic rings. The van der Waals surface area contributed by atoms with Gasteiger partial charge in [-0.15, -0.1) is 0 Å². The maximum absolute atomic E-state index is 11.9. The summed E-state index contributed by atoms with van der Waals surface area (Å²) in [6, 6.07) is 12.9. The van der Waals surface area contributed by atoms with Crippen molar-refractivity contribution in [2.45, 2.75) is 32.2 Å². The Morgan fingerprint density at radius 3 is 2.48 bits per heavy atom. The zero-order chi connectivity index (χ0) is 18.2. The van der Waals surface area contributed by atoms with Gasteiger partial charge in [-0.1, -0.05) is 42.5 Å². The summed E-state index contributed by atoms with van der Waals surface area (Å²) in [7, 11) is 0. The maximum Gasteiger partial charge on any atom is 0.306 e. The molecule has 132 valence electrons. The predicted molar refractivity (Wildman–Crippen MR) is 94.6 cm³/mol. The minimum absolute atomic E-state index is 0.0267. The molecular weight excluding hydrogens is 320 g/mol. The molecule has 0 unspecified atom stereocenters. The highest BCUT2D eigenvalue weighted by molar-refractivity contribution is 5.88. The number of amides is 2. The monoisotopic (exact) mass is 342 g/mol. The Hall–Kier alpha value is -2.89. The van der Waals surface area contributed by atoms with Crippen LogP contribution >= 0.6 is 0 Å². The quantitative estimate of drug-likeness (QED) is 0.713. The zero-order valence-electron chi connectivity index (χ0n) is 14.2. The molecule has 6 nitrogen and oxygen atoms in total. The lowest BCUT2D eigenvalue weighted by molar-refractivity contribution is -0.144. The highest BCUT2D eigenvalue weighted by Gasteiger charge is 2.19. The van der Waals surface area contributed by atoms with Crippen molar-refractivity contribution in [2.75, 3.05) is 6.61 Å². The molecule has 0 aromatic heterocycles. The summed E-state index contributed by atoms with van der Waals surface area (Å²) in [5.74, 6) is -1.46. The largest absolute Gasteiger partial charge is 0.466 e. The number of rotatable bonds is 8. The molecule has 0 aliphatic carbocycles. The van der Waals surface area contributed by atoms with E-state index >= 15 is 0 Å². The molecule has 2 rings (SSSR count). The standard InChI is InChI=1S/C19H22N2O4/c1-2-25-18(23)10-9-17(22)21-16(19(20)24)12-13-7-8-14-5-3-4-6-15(14)11-13/h3-8,11,16H,2,9-10,12H2,1H3,(H2,20,24)(H,21,22)/t16-/m1/s1. The third-order valence-electron chi connectivity index (χ3n) is 3.79. The van der Waals surface area contributed by atoms with Gasteiger partial charge in [-0.2, -0.15) is 0 Å². The molecule has 6 heteroatoms. The SMILES string of the molecule is CCOC(=O)CCC(=O)N[C@H](Cc1ccc2ccccc2c1)C(N)=O. The first-order chi connectivity index (χ1) is 12.0. The molecule has 0 radical (unpaired) electrons. The van der Waals surface area contributed by atoms with Crippen LogP contribution < -0.4 is 11.1 Å². The molecule has 0 spiro atoms. The molecule has 2 aromatic carbocycles. The average molecular weight is 342 g/mol. The van der Waals surface area contributed by atoms with Crippen molar-refractivity contribution in [1.29, 1.82) is 0 Å². The van der Waals surface area contributed by atoms with Gasteiger partial charge >= 0.3 is 5.97 Å². The second-order valence-electron chi connectivity index (χ2n) is 5.71. The molecule has 0 fully saturated rings. The summed E-state index contributed by atoms with van der Waals surface area (Å²) in [6.45, 7) is 1.97. The van der Waals surface area contributed by atoms with Crippen LogP contribution in [0.3, 0.4) is 0 Å². The number of benzene rings is 2. The number of esters is 1. The Morgan fingerprint density at radius 2 is 1.80 bits per heavy atom. The van der Waals surface area contributed by atoms with Gasteiger partial charge in [0.1, 0.15) is 6.04 Å². The summed E-state index contributed by atoms with van der Waals surface area (Å²) in [6.07, 6.45) is 0.229. The third kappa shape index (κ3) is 5.60. The first kappa shape index (κ1) is 18.4. The number of primary amides is 1. The van der Waals surface area contributed by atoms with Crippen LogP contribution in [0.1, 0.15) is 25.3 Å². The second kappa shape index (κ2) is 8.82. The number of nitrogens with one attached hydrogen (secondary N) is 1. The fraction of sp³-hybridized carbons (Fsp3) is 0.316. The predicted octanol–water partition coefficient (Wildman–Crippen LogP) is 1.70. The van der Waals surface area contributed by atoms with E-state index < -0.39 is 23.8 Å². The molecule has 0 saturated heterocycles. The van der Waals surface area contributed by atoms with Crippen molar-refractivity contribution in [3.63, 3.8) is 0 Å². The molecule has 0 aliphatic rings. The van der Waals surface area contributed by atoms with Gasteiger partial charge in [-0.05, 0) is 23.3 Å². The number of carbonyl (C=O) groups is 3. The topological polar surface area (TPSA) is 98.5 Å². The lowest BCUT2D eigenvalue weighted by Gasteiger charge is -2.16. The van der Waals surface area contributed by atoms with E-state index in [1.807, 2.05) is 42.5 Å². The van der Waals surface area contributed by atoms with E-state index in [1.165, 1.54) is 0 Å². The fourth-order valence-corrected chi connectivity index (χ4v) is 2.54. The Bertz CT molecular complexity index is 773. The highest BCUT2D eigenvalue weighted by atomic mass is 16.5. The van der Waals surface area contributed by atoms with Gasteiger partial charge in [-0.3, -0.25) is 14.4 Å². The van der Waals surface area contributed by atoms with Crippen LogP contribution in [-0.2, 0) is 25.5 Å². The number of fused-ring (bicyclic) bond motifs is 1. The van der Waals surface area contributed by atoms with Crippen molar-refractivity contribution in [3.8, 4) is 0 Å². The van der Waals surface area contributed by atoms with Crippen LogP contribution in [0.5, 0.6) is 0 Å². The minimum atomic E-state index is -0.823. The molecule has 0 bridgehead atoms. The van der Waals surface area contributed by atoms with E-state index in [2.05, 4.69) is 5.32 Å². The Labute approximate surface area is 146 Å². The van der Waals surface area contributed by atoms with E-state index in [0.29, 0.717) is 6.42 Å². The Balaban J connectivity index is 1.98. The summed E-state index contributed by atoms with van der Waals surface area (Å²) in [5.41, 5.74) is 6.30. The third-order valence-corrected chi connectivity index (χ3v) is 3.79. The van der Waals surface area contributed by atoms with Crippen LogP contribution in [-0.4, -0.2) is 30.4 Å². The summed E-state index contributed by atoms with van der Waals surface area (Å²) in [4.78, 5) is 34.9. The molecule has 3 N–H and O–H groups in total. The van der Waals surface area contributed by atoms with Crippen LogP contribution in [0.25, 0.3) is 10.8 Å². The van der Waals surface area contributed by atoms with Crippen LogP contribution in [0.4, 0.5) is 0 Å². The Morgan fingerprint density at radius 1 is 1.08 bits per heavy atom. The van der Waals surface area contributed by atoms with Crippen molar-refractivity contribution in [1.82, 2.24) is 5.32 Å². The number of hydrogen-bond donors (Lipinski definition) is 2. The van der Waals surface area contributed by atoms with Crippen LogP contribution in [0.15, 0.2) is 42.5 Å². The normalized spacial score (nSPS) is 11.7. The van der Waals surface area contributed by atoms with Crippen molar-refractivity contribution < 1.29 is 19.1 Å². The maximum atomic E-state index is 11.9. The smallest absolute Gasteiger partial charge is 0.306 e. The molecule has 2 amide bonds. The van der Waals surface area contributed by atoms with E-state index in [9.17, 15) is 14.4 Å². The zero-order valence-corrected chi connectivity index (χ0v) is 14.2. The fourth-order valence-electron chi connectivity index (χ4n) is 2.54. The van der Waals surface area contributed by atoms with Crippen molar-refractivity contribution in [3.05, 3.63) is 48.0 Å². The van der Waals surface area contributed by atoms with Crippen LogP contribution in [0, 0.1) is 0 Å². The van der Waals surface area contributed by atoms with E-state index in [-0.39, 0.29) is 19.4 Å². The lowest BCUT2D eigenvalue weighted by Crippen LogP contribution is -2.45. The van der Waals surface area contributed by atoms with Gasteiger partial charge in [0.15, 0.2) is 0 Å². The summed E-state index contributed by atoms with van der Waals surface area (Å²) < 4.78 is 4.77. The molecule has 0 aliphatic heterocycles. The van der Waals surface area contributed by atoms with E-state index in [0.717, 1.165) is 16.3 Å². The van der Waals surface area contributed by atoms with Crippen LogP contribution in [0.2, 0.25) is 0 Å². The molecule has 25 heavy (non-hydrogen) atoms.